The van der Waals surface area contributed by atoms with Crippen LogP contribution in [0.1, 0.15) is 11.4 Å². The molecule has 2 N–H and O–H groups in total. The van der Waals surface area contributed by atoms with Gasteiger partial charge in [-0.15, -0.1) is 0 Å². The molecule has 4 rings (SSSR count). The summed E-state index contributed by atoms with van der Waals surface area (Å²) in [6, 6.07) is 7.18. The minimum absolute atomic E-state index is 0.0504. The van der Waals surface area contributed by atoms with E-state index in [1.165, 1.54) is 0 Å². The van der Waals surface area contributed by atoms with Crippen molar-refractivity contribution in [3.63, 3.8) is 0 Å². The number of anilines is 2. The van der Waals surface area contributed by atoms with Gasteiger partial charge in [-0.2, -0.15) is 14.4 Å². The van der Waals surface area contributed by atoms with Gasteiger partial charge in [0.25, 0.3) is 4.90 Å². The number of hydrogen-bond acceptors (Lipinski definition) is 5. The predicted octanol–water partition coefficient (Wildman–Crippen LogP) is 4.52. The second kappa shape index (κ2) is 9.23. The molecule has 8 nitrogen and oxygen atoms in total. The van der Waals surface area contributed by atoms with Crippen molar-refractivity contribution >= 4 is 45.1 Å². The van der Waals surface area contributed by atoms with Crippen molar-refractivity contribution < 1.29 is 8.76 Å². The molecule has 176 valence electrons. The lowest BCUT2D eigenvalue weighted by molar-refractivity contribution is 0.312. The van der Waals surface area contributed by atoms with Crippen LogP contribution >= 0.6 is 23.2 Å². The normalized spacial score (nSPS) is 16.6. The van der Waals surface area contributed by atoms with E-state index in [4.69, 9.17) is 23.2 Å². The fourth-order valence-electron chi connectivity index (χ4n) is 3.91. The van der Waals surface area contributed by atoms with Crippen LogP contribution in [0.25, 0.3) is 11.1 Å². The molecule has 1 aliphatic rings. The molecule has 0 radical (unpaired) electrons. The summed E-state index contributed by atoms with van der Waals surface area (Å²) in [7, 11) is 0.101. The Kier molecular flexibility index (Phi) is 6.70. The fraction of sp³-hybridized carbons (Fsp3) is 0.364. The highest BCUT2D eigenvalue weighted by molar-refractivity contribution is 7.99. The molecule has 0 aliphatic carbocycles. The van der Waals surface area contributed by atoms with Gasteiger partial charge in [0.05, 0.1) is 11.4 Å². The maximum atomic E-state index is 13.3. The Morgan fingerprint density at radius 1 is 1.03 bits per heavy atom. The van der Waals surface area contributed by atoms with Crippen molar-refractivity contribution in [3.05, 3.63) is 51.9 Å². The fourth-order valence-corrected chi connectivity index (χ4v) is 6.34. The highest BCUT2D eigenvalue weighted by Gasteiger charge is 2.37. The average Bonchev–Trinajstić information content (AvgIpc) is 2.99. The lowest BCUT2D eigenvalue weighted by Gasteiger charge is -2.33. The predicted molar refractivity (Wildman–Crippen MR) is 135 cm³/mol. The Morgan fingerprint density at radius 2 is 1.67 bits per heavy atom. The molecule has 1 saturated heterocycles. The quantitative estimate of drug-likeness (QED) is 0.491. The molecule has 3 aromatic rings. The summed E-state index contributed by atoms with van der Waals surface area (Å²) < 4.78 is 28.5. The second-order valence-electron chi connectivity index (χ2n) is 8.26. The summed E-state index contributed by atoms with van der Waals surface area (Å²) in [5.41, 5.74) is 3.44. The number of aryl methyl sites for hydroxylation is 2. The summed E-state index contributed by atoms with van der Waals surface area (Å²) in [4.78, 5) is 8.99. The SMILES string of the molecule is Cc1nn(C)c(C)c1N[S+](=O)(O)c1c(Cl)cc(-c2ccnc(N3CCN(C)CC3)c2)cc1Cl. The monoisotopic (exact) mass is 509 g/mol. The third-order valence-corrected chi connectivity index (χ3v) is 8.22. The molecule has 2 aromatic heterocycles. The third kappa shape index (κ3) is 4.88. The Labute approximate surface area is 204 Å². The van der Waals surface area contributed by atoms with Gasteiger partial charge in [-0.05, 0) is 60.5 Å². The standard InChI is InChI=1S/C22H26Cl2N6O2S/c1-14-21(15(2)29(4)26-14)27-33(31,32)22-18(23)11-17(12-19(22)24)16-5-6-25-20(13-16)30-9-7-28(3)8-10-30/h5-6,11-13H,7-10H2,1-4H3,(H-,27,31,32)/p+1. The van der Waals surface area contributed by atoms with Crippen LogP contribution in [0, 0.1) is 13.8 Å². The van der Waals surface area contributed by atoms with E-state index in [9.17, 15) is 8.76 Å². The van der Waals surface area contributed by atoms with Gasteiger partial charge in [-0.3, -0.25) is 4.68 Å². The molecular weight excluding hydrogens is 483 g/mol. The highest BCUT2D eigenvalue weighted by atomic mass is 35.5. The summed E-state index contributed by atoms with van der Waals surface area (Å²) in [6.07, 6.45) is 1.75. The van der Waals surface area contributed by atoms with E-state index in [-0.39, 0.29) is 14.9 Å². The molecule has 1 aliphatic heterocycles. The number of halogens is 2. The Bertz CT molecular complexity index is 1220. The number of likely N-dealkylation sites (N-methyl/N-ethyl adjacent to an activating group) is 1. The molecule has 3 heterocycles. The van der Waals surface area contributed by atoms with Crippen molar-refractivity contribution in [2.75, 3.05) is 42.8 Å². The molecular formula is C22H27Cl2N6O2S+. The number of nitrogens with one attached hydrogen (secondary N) is 1. The molecule has 33 heavy (non-hydrogen) atoms. The van der Waals surface area contributed by atoms with Gasteiger partial charge >= 0.3 is 10.4 Å². The molecule has 1 aromatic carbocycles. The molecule has 1 atom stereocenters. The minimum Gasteiger partial charge on any atom is -0.354 e. The van der Waals surface area contributed by atoms with Gasteiger partial charge in [0.2, 0.25) is 0 Å². The van der Waals surface area contributed by atoms with Crippen LogP contribution in [0.2, 0.25) is 10.0 Å². The number of aromatic nitrogens is 3. The zero-order chi connectivity index (χ0) is 23.9. The van der Waals surface area contributed by atoms with Gasteiger partial charge in [0.1, 0.15) is 21.6 Å². The van der Waals surface area contributed by atoms with Crippen LogP contribution < -0.4 is 9.62 Å². The maximum absolute atomic E-state index is 13.3. The van der Waals surface area contributed by atoms with E-state index in [2.05, 4.69) is 31.7 Å². The van der Waals surface area contributed by atoms with Gasteiger partial charge in [-0.25, -0.2) is 4.98 Å². The number of benzene rings is 1. The van der Waals surface area contributed by atoms with Crippen LogP contribution in [-0.4, -0.2) is 57.4 Å². The summed E-state index contributed by atoms with van der Waals surface area (Å²) >= 11 is 13.0. The van der Waals surface area contributed by atoms with Crippen molar-refractivity contribution in [3.8, 4) is 11.1 Å². The van der Waals surface area contributed by atoms with E-state index in [0.717, 1.165) is 48.8 Å². The Morgan fingerprint density at radius 3 is 2.24 bits per heavy atom. The Balaban J connectivity index is 1.65. The average molecular weight is 510 g/mol. The molecule has 1 fully saturated rings. The number of rotatable bonds is 5. The van der Waals surface area contributed by atoms with Crippen LogP contribution in [0.4, 0.5) is 11.5 Å². The van der Waals surface area contributed by atoms with Gasteiger partial charge < -0.3 is 9.80 Å². The first kappa shape index (κ1) is 24.0. The molecule has 0 bridgehead atoms. The maximum Gasteiger partial charge on any atom is 0.349 e. The first-order valence-corrected chi connectivity index (χ1v) is 12.8. The topological polar surface area (TPSA) is 86.5 Å². The zero-order valence-electron chi connectivity index (χ0n) is 19.0. The minimum atomic E-state index is -3.78. The molecule has 0 amide bonds. The van der Waals surface area contributed by atoms with E-state index in [1.54, 1.807) is 37.0 Å². The largest absolute Gasteiger partial charge is 0.354 e. The zero-order valence-corrected chi connectivity index (χ0v) is 21.3. The first-order valence-electron chi connectivity index (χ1n) is 10.5. The van der Waals surface area contributed by atoms with Crippen LogP contribution in [0.5, 0.6) is 0 Å². The number of hydrogen-bond donors (Lipinski definition) is 2. The second-order valence-corrected chi connectivity index (χ2v) is 10.7. The third-order valence-electron chi connectivity index (χ3n) is 5.93. The summed E-state index contributed by atoms with van der Waals surface area (Å²) in [6.45, 7) is 7.33. The first-order chi connectivity index (χ1) is 15.6. The van der Waals surface area contributed by atoms with Crippen LogP contribution in [-0.2, 0) is 21.7 Å². The van der Waals surface area contributed by atoms with E-state index in [0.29, 0.717) is 11.4 Å². The molecule has 0 saturated carbocycles. The van der Waals surface area contributed by atoms with Gasteiger partial charge in [-0.1, -0.05) is 23.2 Å². The number of pyridine rings is 1. The molecule has 11 heteroatoms. The summed E-state index contributed by atoms with van der Waals surface area (Å²) in [5, 5.41) is 4.49. The molecule has 0 spiro atoms. The lowest BCUT2D eigenvalue weighted by Crippen LogP contribution is -2.44. The van der Waals surface area contributed by atoms with Gasteiger partial charge in [0.15, 0.2) is 0 Å². The van der Waals surface area contributed by atoms with E-state index in [1.807, 2.05) is 19.1 Å². The van der Waals surface area contributed by atoms with E-state index >= 15 is 0 Å². The van der Waals surface area contributed by atoms with E-state index < -0.39 is 10.4 Å². The van der Waals surface area contributed by atoms with Crippen molar-refractivity contribution in [1.29, 1.82) is 0 Å². The van der Waals surface area contributed by atoms with Crippen molar-refractivity contribution in [2.45, 2.75) is 18.7 Å². The van der Waals surface area contributed by atoms with Gasteiger partial charge in [0, 0.05) is 39.4 Å². The number of nitrogens with zero attached hydrogens (tertiary/aromatic N) is 5. The van der Waals surface area contributed by atoms with Crippen molar-refractivity contribution in [1.82, 2.24) is 19.7 Å². The smallest absolute Gasteiger partial charge is 0.349 e. The summed E-state index contributed by atoms with van der Waals surface area (Å²) in [5.74, 6) is 0.882. The number of piperazine rings is 1. The Hall–Kier alpha value is -2.17. The van der Waals surface area contributed by atoms with Crippen LogP contribution in [0.3, 0.4) is 0 Å². The lowest BCUT2D eigenvalue weighted by atomic mass is 10.1. The van der Waals surface area contributed by atoms with Crippen LogP contribution in [0.15, 0.2) is 35.4 Å². The van der Waals surface area contributed by atoms with Crippen molar-refractivity contribution in [2.24, 2.45) is 7.05 Å². The molecule has 1 unspecified atom stereocenters. The highest BCUT2D eigenvalue weighted by Crippen LogP contribution is 2.38.